The van der Waals surface area contributed by atoms with Crippen LogP contribution in [-0.2, 0) is 0 Å². The first kappa shape index (κ1) is 11.4. The van der Waals surface area contributed by atoms with Gasteiger partial charge in [-0.05, 0) is 18.9 Å². The minimum Gasteiger partial charge on any atom is -0.324 e. The smallest absolute Gasteiger partial charge is 0.272 e. The zero-order valence-corrected chi connectivity index (χ0v) is 8.64. The maximum atomic E-state index is 10.7. The van der Waals surface area contributed by atoms with Gasteiger partial charge in [-0.2, -0.15) is 0 Å². The number of hydrogen-bond donors (Lipinski definition) is 1. The van der Waals surface area contributed by atoms with E-state index in [0.717, 1.165) is 5.56 Å². The fourth-order valence-electron chi connectivity index (χ4n) is 1.37. The molecular formula is C11H14N2O2. The molecule has 0 amide bonds. The highest BCUT2D eigenvalue weighted by Crippen LogP contribution is 2.23. The van der Waals surface area contributed by atoms with Crippen molar-refractivity contribution in [3.63, 3.8) is 0 Å². The fourth-order valence-corrected chi connectivity index (χ4v) is 1.37. The van der Waals surface area contributed by atoms with E-state index >= 15 is 0 Å². The van der Waals surface area contributed by atoms with Crippen LogP contribution in [0.15, 0.2) is 30.9 Å². The van der Waals surface area contributed by atoms with E-state index in [1.807, 2.05) is 6.07 Å². The molecule has 1 rings (SSSR count). The van der Waals surface area contributed by atoms with Crippen molar-refractivity contribution in [1.82, 2.24) is 0 Å². The molecule has 4 heteroatoms. The largest absolute Gasteiger partial charge is 0.324 e. The van der Waals surface area contributed by atoms with E-state index in [1.54, 1.807) is 19.1 Å². The van der Waals surface area contributed by atoms with Gasteiger partial charge in [0.1, 0.15) is 0 Å². The quantitative estimate of drug-likeness (QED) is 0.467. The first-order valence-electron chi connectivity index (χ1n) is 4.67. The predicted molar refractivity (Wildman–Crippen MR) is 59.6 cm³/mol. The molecule has 0 spiro atoms. The molecule has 0 aliphatic carbocycles. The van der Waals surface area contributed by atoms with Crippen LogP contribution in [0.3, 0.4) is 0 Å². The maximum Gasteiger partial charge on any atom is 0.272 e. The molecule has 0 unspecified atom stereocenters. The van der Waals surface area contributed by atoms with Gasteiger partial charge in [0, 0.05) is 17.7 Å². The van der Waals surface area contributed by atoms with Gasteiger partial charge in [-0.1, -0.05) is 18.2 Å². The van der Waals surface area contributed by atoms with Gasteiger partial charge in [-0.15, -0.1) is 6.58 Å². The summed E-state index contributed by atoms with van der Waals surface area (Å²) in [5.41, 5.74) is 7.37. The minimum atomic E-state index is -0.389. The van der Waals surface area contributed by atoms with Gasteiger partial charge in [0.15, 0.2) is 0 Å². The van der Waals surface area contributed by atoms with Crippen LogP contribution < -0.4 is 5.73 Å². The number of aryl methyl sites for hydroxylation is 1. The van der Waals surface area contributed by atoms with Crippen molar-refractivity contribution in [2.24, 2.45) is 5.73 Å². The van der Waals surface area contributed by atoms with Crippen LogP contribution >= 0.6 is 0 Å². The highest BCUT2D eigenvalue weighted by atomic mass is 16.6. The predicted octanol–water partition coefficient (Wildman–Crippen LogP) is 2.48. The second kappa shape index (κ2) is 4.70. The SMILES string of the molecule is C=CC[C@@H](N)c1ccc(C)c([N+](=O)[O-])c1. The van der Waals surface area contributed by atoms with Crippen molar-refractivity contribution < 1.29 is 4.92 Å². The molecular weight excluding hydrogens is 192 g/mol. The lowest BCUT2D eigenvalue weighted by molar-refractivity contribution is -0.385. The topological polar surface area (TPSA) is 69.2 Å². The number of rotatable bonds is 4. The van der Waals surface area contributed by atoms with Crippen molar-refractivity contribution in [2.45, 2.75) is 19.4 Å². The summed E-state index contributed by atoms with van der Waals surface area (Å²) in [5, 5.41) is 10.7. The Bertz CT molecular complexity index is 388. The molecule has 0 radical (unpaired) electrons. The maximum absolute atomic E-state index is 10.7. The van der Waals surface area contributed by atoms with E-state index in [9.17, 15) is 10.1 Å². The van der Waals surface area contributed by atoms with Gasteiger partial charge in [0.05, 0.1) is 4.92 Å². The van der Waals surface area contributed by atoms with Gasteiger partial charge >= 0.3 is 0 Å². The summed E-state index contributed by atoms with van der Waals surface area (Å²) in [4.78, 5) is 10.3. The second-order valence-electron chi connectivity index (χ2n) is 3.43. The summed E-state index contributed by atoms with van der Waals surface area (Å²) < 4.78 is 0. The summed E-state index contributed by atoms with van der Waals surface area (Å²) in [6, 6.07) is 4.85. The Kier molecular flexibility index (Phi) is 3.57. The lowest BCUT2D eigenvalue weighted by Crippen LogP contribution is -2.09. The van der Waals surface area contributed by atoms with E-state index in [4.69, 9.17) is 5.73 Å². The molecule has 0 saturated carbocycles. The first-order valence-corrected chi connectivity index (χ1v) is 4.67. The van der Waals surface area contributed by atoms with Gasteiger partial charge in [0.2, 0.25) is 0 Å². The molecule has 0 aliphatic rings. The van der Waals surface area contributed by atoms with Gasteiger partial charge < -0.3 is 5.73 Å². The zero-order chi connectivity index (χ0) is 11.4. The molecule has 1 aromatic carbocycles. The van der Waals surface area contributed by atoms with Gasteiger partial charge in [0.25, 0.3) is 5.69 Å². The summed E-state index contributed by atoms with van der Waals surface area (Å²) in [7, 11) is 0. The molecule has 2 N–H and O–H groups in total. The molecule has 1 atom stereocenters. The molecule has 0 bridgehead atoms. The summed E-state index contributed by atoms with van der Waals surface area (Å²) in [6.45, 7) is 5.30. The number of nitrogens with zero attached hydrogens (tertiary/aromatic N) is 1. The van der Waals surface area contributed by atoms with Crippen molar-refractivity contribution in [3.05, 3.63) is 52.1 Å². The number of hydrogen-bond acceptors (Lipinski definition) is 3. The third kappa shape index (κ3) is 2.63. The van der Waals surface area contributed by atoms with Crippen LogP contribution in [0.5, 0.6) is 0 Å². The summed E-state index contributed by atoms with van der Waals surface area (Å²) in [5.74, 6) is 0. The Morgan fingerprint density at radius 2 is 2.33 bits per heavy atom. The Labute approximate surface area is 88.6 Å². The highest BCUT2D eigenvalue weighted by molar-refractivity contribution is 5.43. The number of benzene rings is 1. The average Bonchev–Trinajstić information content (AvgIpc) is 2.18. The Hall–Kier alpha value is -1.68. The van der Waals surface area contributed by atoms with Crippen LogP contribution in [-0.4, -0.2) is 4.92 Å². The Morgan fingerprint density at radius 1 is 1.67 bits per heavy atom. The van der Waals surface area contributed by atoms with Crippen molar-refractivity contribution in [2.75, 3.05) is 0 Å². The fraction of sp³-hybridized carbons (Fsp3) is 0.273. The number of nitrogens with two attached hydrogens (primary N) is 1. The standard InChI is InChI=1S/C11H14N2O2/c1-3-4-10(12)9-6-5-8(2)11(7-9)13(14)15/h3,5-7,10H,1,4,12H2,2H3/t10-/m1/s1. The van der Waals surface area contributed by atoms with Gasteiger partial charge in [-0.25, -0.2) is 0 Å². The van der Waals surface area contributed by atoms with E-state index in [2.05, 4.69) is 6.58 Å². The molecule has 1 aromatic rings. The summed E-state index contributed by atoms with van der Waals surface area (Å²) >= 11 is 0. The molecule has 0 aromatic heterocycles. The molecule has 80 valence electrons. The Morgan fingerprint density at radius 3 is 2.87 bits per heavy atom. The lowest BCUT2D eigenvalue weighted by Gasteiger charge is -2.09. The molecule has 0 heterocycles. The van der Waals surface area contributed by atoms with E-state index < -0.39 is 0 Å². The van der Waals surface area contributed by atoms with Crippen molar-refractivity contribution >= 4 is 5.69 Å². The first-order chi connectivity index (χ1) is 7.06. The third-order valence-corrected chi connectivity index (χ3v) is 2.28. The molecule has 0 fully saturated rings. The molecule has 15 heavy (non-hydrogen) atoms. The highest BCUT2D eigenvalue weighted by Gasteiger charge is 2.13. The zero-order valence-electron chi connectivity index (χ0n) is 8.64. The average molecular weight is 206 g/mol. The monoisotopic (exact) mass is 206 g/mol. The van der Waals surface area contributed by atoms with Crippen LogP contribution in [0.25, 0.3) is 0 Å². The van der Waals surface area contributed by atoms with Crippen molar-refractivity contribution in [3.8, 4) is 0 Å². The van der Waals surface area contributed by atoms with Crippen molar-refractivity contribution in [1.29, 1.82) is 0 Å². The third-order valence-electron chi connectivity index (χ3n) is 2.28. The molecule has 0 aliphatic heterocycles. The normalized spacial score (nSPS) is 12.1. The summed E-state index contributed by atoms with van der Waals surface area (Å²) in [6.07, 6.45) is 2.32. The minimum absolute atomic E-state index is 0.118. The number of nitro benzene ring substituents is 1. The lowest BCUT2D eigenvalue weighted by atomic mass is 10.0. The van der Waals surface area contributed by atoms with E-state index in [1.165, 1.54) is 6.07 Å². The van der Waals surface area contributed by atoms with Crippen LogP contribution in [0.2, 0.25) is 0 Å². The Balaban J connectivity index is 3.06. The van der Waals surface area contributed by atoms with E-state index in [-0.39, 0.29) is 16.7 Å². The van der Waals surface area contributed by atoms with Crippen LogP contribution in [0.1, 0.15) is 23.6 Å². The van der Waals surface area contributed by atoms with Crippen LogP contribution in [0.4, 0.5) is 5.69 Å². The molecule has 0 saturated heterocycles. The van der Waals surface area contributed by atoms with E-state index in [0.29, 0.717) is 12.0 Å². The van der Waals surface area contributed by atoms with Gasteiger partial charge in [-0.3, -0.25) is 10.1 Å². The molecule has 4 nitrogen and oxygen atoms in total. The number of nitro groups is 1. The second-order valence-corrected chi connectivity index (χ2v) is 3.43. The van der Waals surface area contributed by atoms with Crippen LogP contribution in [0, 0.1) is 17.0 Å².